The molecule has 2 rings (SSSR count). The average Bonchev–Trinajstić information content (AvgIpc) is 2.63. The summed E-state index contributed by atoms with van der Waals surface area (Å²) in [5.74, 6) is 0.323. The van der Waals surface area contributed by atoms with Crippen LogP contribution >= 0.6 is 11.6 Å². The van der Waals surface area contributed by atoms with Gasteiger partial charge in [0.05, 0.1) is 12.7 Å². The van der Waals surface area contributed by atoms with Crippen LogP contribution < -0.4 is 4.74 Å². The van der Waals surface area contributed by atoms with Gasteiger partial charge in [0.25, 0.3) is 0 Å². The predicted octanol–water partition coefficient (Wildman–Crippen LogP) is 3.78. The first-order chi connectivity index (χ1) is 12.1. The Kier molecular flexibility index (Phi) is 6.77. The van der Waals surface area contributed by atoms with Crippen LogP contribution in [0, 0.1) is 0 Å². The molecule has 0 radical (unpaired) electrons. The number of benzene rings is 1. The molecule has 0 saturated heterocycles. The fourth-order valence-corrected chi connectivity index (χ4v) is 2.33. The molecule has 0 bridgehead atoms. The van der Waals surface area contributed by atoms with Gasteiger partial charge in [-0.25, -0.2) is 14.8 Å². The van der Waals surface area contributed by atoms with Crippen molar-refractivity contribution in [3.8, 4) is 11.6 Å². The summed E-state index contributed by atoms with van der Waals surface area (Å²) < 4.78 is 10.8. The molecule has 0 N–H and O–H groups in total. The molecule has 2 aromatic rings. The topological polar surface area (TPSA) is 64.6 Å². The number of halogens is 1. The molecule has 1 heterocycles. The number of hydrogen-bond acceptors (Lipinski definition) is 6. The van der Waals surface area contributed by atoms with Gasteiger partial charge in [-0.15, -0.1) is 0 Å². The lowest BCUT2D eigenvalue weighted by Crippen LogP contribution is -2.18. The lowest BCUT2D eigenvalue weighted by Gasteiger charge is -2.19. The third kappa shape index (κ3) is 4.93. The minimum atomic E-state index is -0.441. The van der Waals surface area contributed by atoms with Crippen LogP contribution in [0.15, 0.2) is 42.9 Å². The number of nitrogens with zero attached hydrogens (tertiary/aromatic N) is 3. The molecule has 0 spiro atoms. The molecule has 132 valence electrons. The minimum Gasteiger partial charge on any atom is -0.465 e. The number of carbonyl (C=O) groups excluding carboxylic acids is 1. The summed E-state index contributed by atoms with van der Waals surface area (Å²) >= 11 is 5.87. The number of methoxy groups -OCH3 is 1. The third-order valence-electron chi connectivity index (χ3n) is 3.53. The number of para-hydroxylation sites is 1. The molecule has 25 heavy (non-hydrogen) atoms. The molecule has 0 aliphatic rings. The molecular weight excluding hydrogens is 342 g/mol. The number of aromatic nitrogens is 2. The fourth-order valence-electron chi connectivity index (χ4n) is 2.19. The van der Waals surface area contributed by atoms with E-state index in [1.54, 1.807) is 18.3 Å². The fraction of sp³-hybridized carbons (Fsp3) is 0.278. The second-order valence-electron chi connectivity index (χ2n) is 5.03. The van der Waals surface area contributed by atoms with Crippen molar-refractivity contribution < 1.29 is 14.3 Å². The van der Waals surface area contributed by atoms with E-state index in [0.717, 1.165) is 13.1 Å². The van der Waals surface area contributed by atoms with E-state index >= 15 is 0 Å². The van der Waals surface area contributed by atoms with Gasteiger partial charge in [0.1, 0.15) is 17.2 Å². The van der Waals surface area contributed by atoms with Crippen molar-refractivity contribution in [2.75, 3.05) is 20.2 Å². The molecule has 0 amide bonds. The summed E-state index contributed by atoms with van der Waals surface area (Å²) in [7, 11) is 1.35. The van der Waals surface area contributed by atoms with E-state index in [1.165, 1.54) is 19.5 Å². The van der Waals surface area contributed by atoms with Gasteiger partial charge in [-0.2, -0.15) is 0 Å². The van der Waals surface area contributed by atoms with Crippen molar-refractivity contribution in [1.29, 1.82) is 0 Å². The van der Waals surface area contributed by atoms with Crippen LogP contribution in [-0.2, 0) is 9.53 Å². The maximum absolute atomic E-state index is 12.3. The van der Waals surface area contributed by atoms with Crippen molar-refractivity contribution >= 4 is 23.1 Å². The summed E-state index contributed by atoms with van der Waals surface area (Å²) in [5, 5.41) is 0.273. The largest absolute Gasteiger partial charge is 0.465 e. The maximum atomic E-state index is 12.3. The second kappa shape index (κ2) is 9.03. The Morgan fingerprint density at radius 2 is 1.96 bits per heavy atom. The van der Waals surface area contributed by atoms with Gasteiger partial charge in [-0.1, -0.05) is 29.8 Å². The maximum Gasteiger partial charge on any atom is 0.340 e. The lowest BCUT2D eigenvalue weighted by molar-refractivity contribution is -0.133. The van der Waals surface area contributed by atoms with Crippen LogP contribution in [0.4, 0.5) is 0 Å². The lowest BCUT2D eigenvalue weighted by atomic mass is 10.1. The van der Waals surface area contributed by atoms with E-state index in [1.807, 2.05) is 30.9 Å². The zero-order valence-electron chi connectivity index (χ0n) is 14.4. The Morgan fingerprint density at radius 1 is 1.24 bits per heavy atom. The van der Waals surface area contributed by atoms with Crippen molar-refractivity contribution in [3.05, 3.63) is 53.6 Å². The van der Waals surface area contributed by atoms with Gasteiger partial charge in [0, 0.05) is 30.9 Å². The van der Waals surface area contributed by atoms with Crippen LogP contribution in [-0.4, -0.2) is 41.0 Å². The SMILES string of the molecule is CCN(C=C(C(=O)OC)c1ccccc1Oc1cc(Cl)ncn1)CC. The normalized spacial score (nSPS) is 11.1. The van der Waals surface area contributed by atoms with Crippen LogP contribution in [0.3, 0.4) is 0 Å². The molecule has 0 atom stereocenters. The predicted molar refractivity (Wildman–Crippen MR) is 96.5 cm³/mol. The molecule has 6 nitrogen and oxygen atoms in total. The Balaban J connectivity index is 2.46. The monoisotopic (exact) mass is 361 g/mol. The van der Waals surface area contributed by atoms with Gasteiger partial charge in [-0.3, -0.25) is 0 Å². The second-order valence-corrected chi connectivity index (χ2v) is 5.42. The molecule has 1 aromatic carbocycles. The number of rotatable bonds is 7. The molecule has 0 saturated carbocycles. The summed E-state index contributed by atoms with van der Waals surface area (Å²) in [6.07, 6.45) is 3.09. The van der Waals surface area contributed by atoms with Crippen molar-refractivity contribution in [1.82, 2.24) is 14.9 Å². The summed E-state index contributed by atoms with van der Waals surface area (Å²) in [6, 6.07) is 8.70. The molecule has 0 aliphatic carbocycles. The molecule has 7 heteroatoms. The van der Waals surface area contributed by atoms with Crippen LogP contribution in [0.1, 0.15) is 19.4 Å². The zero-order chi connectivity index (χ0) is 18.2. The molecule has 0 fully saturated rings. The highest BCUT2D eigenvalue weighted by Crippen LogP contribution is 2.31. The molecular formula is C18H20ClN3O3. The van der Waals surface area contributed by atoms with Crippen molar-refractivity contribution in [2.24, 2.45) is 0 Å². The summed E-state index contributed by atoms with van der Waals surface area (Å²) in [6.45, 7) is 5.56. The minimum absolute atomic E-state index is 0.273. The first-order valence-electron chi connectivity index (χ1n) is 7.88. The number of esters is 1. The summed E-state index contributed by atoms with van der Waals surface area (Å²) in [5.41, 5.74) is 1.01. The zero-order valence-corrected chi connectivity index (χ0v) is 15.2. The summed E-state index contributed by atoms with van der Waals surface area (Å²) in [4.78, 5) is 22.2. The van der Waals surface area contributed by atoms with Gasteiger partial charge >= 0.3 is 5.97 Å². The number of carbonyl (C=O) groups is 1. The van der Waals surface area contributed by atoms with E-state index in [0.29, 0.717) is 22.8 Å². The quantitative estimate of drug-likeness (QED) is 0.425. The van der Waals surface area contributed by atoms with Crippen LogP contribution in [0.25, 0.3) is 5.57 Å². The van der Waals surface area contributed by atoms with Gasteiger partial charge in [0.2, 0.25) is 5.88 Å². The van der Waals surface area contributed by atoms with Gasteiger partial charge in [-0.05, 0) is 19.9 Å². The van der Waals surface area contributed by atoms with E-state index < -0.39 is 5.97 Å². The first-order valence-corrected chi connectivity index (χ1v) is 8.25. The third-order valence-corrected chi connectivity index (χ3v) is 3.74. The number of hydrogen-bond donors (Lipinski definition) is 0. The Labute approximate surface area is 152 Å². The van der Waals surface area contributed by atoms with Crippen molar-refractivity contribution in [3.63, 3.8) is 0 Å². The molecule has 0 aliphatic heterocycles. The van der Waals surface area contributed by atoms with Crippen molar-refractivity contribution in [2.45, 2.75) is 13.8 Å². The van der Waals surface area contributed by atoms with Crippen LogP contribution in [0.5, 0.6) is 11.6 Å². The highest BCUT2D eigenvalue weighted by molar-refractivity contribution is 6.29. The van der Waals surface area contributed by atoms with Gasteiger partial charge in [0.15, 0.2) is 0 Å². The van der Waals surface area contributed by atoms with E-state index in [9.17, 15) is 4.79 Å². The average molecular weight is 362 g/mol. The Hall–Kier alpha value is -2.60. The van der Waals surface area contributed by atoms with E-state index in [4.69, 9.17) is 21.1 Å². The highest BCUT2D eigenvalue weighted by Gasteiger charge is 2.18. The smallest absolute Gasteiger partial charge is 0.340 e. The molecule has 0 unspecified atom stereocenters. The van der Waals surface area contributed by atoms with Crippen LogP contribution in [0.2, 0.25) is 5.15 Å². The standard InChI is InChI=1S/C18H20ClN3O3/c1-4-22(5-2)11-14(18(23)24-3)13-8-6-7-9-15(13)25-17-10-16(19)20-12-21-17/h6-12H,4-5H2,1-3H3. The highest BCUT2D eigenvalue weighted by atomic mass is 35.5. The first kappa shape index (κ1) is 18.7. The Morgan fingerprint density at radius 3 is 2.60 bits per heavy atom. The molecule has 1 aromatic heterocycles. The Bertz CT molecular complexity index is 761. The van der Waals surface area contributed by atoms with Gasteiger partial charge < -0.3 is 14.4 Å². The van der Waals surface area contributed by atoms with E-state index in [2.05, 4.69) is 9.97 Å². The number of ether oxygens (including phenoxy) is 2. The van der Waals surface area contributed by atoms with E-state index in [-0.39, 0.29) is 5.15 Å².